The van der Waals surface area contributed by atoms with E-state index in [9.17, 15) is 4.79 Å². The molecule has 150 valence electrons. The molecule has 0 unspecified atom stereocenters. The molecule has 0 saturated carbocycles. The lowest BCUT2D eigenvalue weighted by Gasteiger charge is -2.13. The van der Waals surface area contributed by atoms with Crippen molar-refractivity contribution in [2.45, 2.75) is 27.2 Å². The van der Waals surface area contributed by atoms with Crippen LogP contribution in [0.4, 0.5) is 11.5 Å². The number of nitrogens with one attached hydrogen (secondary N) is 2. The Kier molecular flexibility index (Phi) is 6.44. The summed E-state index contributed by atoms with van der Waals surface area (Å²) in [6, 6.07) is 12.0. The van der Waals surface area contributed by atoms with Gasteiger partial charge in [-0.3, -0.25) is 4.79 Å². The van der Waals surface area contributed by atoms with Crippen molar-refractivity contribution < 1.29 is 9.53 Å². The number of benzene rings is 2. The van der Waals surface area contributed by atoms with Gasteiger partial charge in [-0.2, -0.15) is 0 Å². The summed E-state index contributed by atoms with van der Waals surface area (Å²) in [4.78, 5) is 21.1. The predicted octanol–water partition coefficient (Wildman–Crippen LogP) is 4.32. The van der Waals surface area contributed by atoms with E-state index in [1.165, 1.54) is 11.8 Å². The number of carbonyl (C=O) groups excluding carboxylic acids is 1. The van der Waals surface area contributed by atoms with Gasteiger partial charge in [-0.15, -0.1) is 0 Å². The molecule has 29 heavy (non-hydrogen) atoms. The Hall–Kier alpha value is -3.41. The molecule has 0 spiro atoms. The molecule has 1 heterocycles. The summed E-state index contributed by atoms with van der Waals surface area (Å²) < 4.78 is 5.36. The summed E-state index contributed by atoms with van der Waals surface area (Å²) in [6.07, 6.45) is 3.85. The lowest BCUT2D eigenvalue weighted by molar-refractivity contribution is 0.102. The molecule has 6 nitrogen and oxygen atoms in total. The van der Waals surface area contributed by atoms with Crippen LogP contribution in [0.5, 0.6) is 5.75 Å². The van der Waals surface area contributed by atoms with Crippen LogP contribution in [0, 0.1) is 20.8 Å². The second-order valence-electron chi connectivity index (χ2n) is 7.00. The Morgan fingerprint density at radius 3 is 2.41 bits per heavy atom. The first-order chi connectivity index (χ1) is 14.0. The van der Waals surface area contributed by atoms with E-state index < -0.39 is 0 Å². The van der Waals surface area contributed by atoms with Gasteiger partial charge in [-0.1, -0.05) is 35.9 Å². The Balaban J connectivity index is 1.59. The minimum absolute atomic E-state index is 0.270. The first-order valence-corrected chi connectivity index (χ1v) is 9.55. The van der Waals surface area contributed by atoms with Gasteiger partial charge >= 0.3 is 0 Å². The number of hydrogen-bond donors (Lipinski definition) is 2. The molecule has 0 aliphatic rings. The first kappa shape index (κ1) is 20.3. The van der Waals surface area contributed by atoms with Crippen LogP contribution in [0.1, 0.15) is 32.7 Å². The largest absolute Gasteiger partial charge is 0.496 e. The van der Waals surface area contributed by atoms with Gasteiger partial charge < -0.3 is 15.4 Å². The van der Waals surface area contributed by atoms with Crippen molar-refractivity contribution >= 4 is 17.4 Å². The van der Waals surface area contributed by atoms with Crippen LogP contribution in [0.2, 0.25) is 0 Å². The quantitative estimate of drug-likeness (QED) is 0.628. The SMILES string of the molecule is COc1ccccc1CCNc1cnc(C(=O)Nc2c(C)cc(C)cc2C)cn1. The van der Waals surface area contributed by atoms with E-state index in [-0.39, 0.29) is 11.6 Å². The third-order valence-corrected chi connectivity index (χ3v) is 4.69. The molecule has 2 aromatic carbocycles. The van der Waals surface area contributed by atoms with Crippen molar-refractivity contribution in [1.29, 1.82) is 0 Å². The van der Waals surface area contributed by atoms with Crippen molar-refractivity contribution in [1.82, 2.24) is 9.97 Å². The molecule has 1 amide bonds. The number of carbonyl (C=O) groups is 1. The standard InChI is InChI=1S/C23H26N4O2/c1-15-11-16(2)22(17(3)12-15)27-23(28)19-13-26-21(14-25-19)24-10-9-18-7-5-6-8-20(18)29-4/h5-8,11-14H,9-10H2,1-4H3,(H,24,26)(H,27,28). The Labute approximate surface area is 171 Å². The van der Waals surface area contributed by atoms with E-state index in [0.29, 0.717) is 12.4 Å². The highest BCUT2D eigenvalue weighted by Gasteiger charge is 2.12. The number of nitrogens with zero attached hydrogens (tertiary/aromatic N) is 2. The summed E-state index contributed by atoms with van der Waals surface area (Å²) in [5.41, 5.74) is 5.44. The molecule has 1 aromatic heterocycles. The highest BCUT2D eigenvalue weighted by molar-refractivity contribution is 6.03. The van der Waals surface area contributed by atoms with Crippen LogP contribution in [-0.4, -0.2) is 29.5 Å². The molecule has 0 aliphatic heterocycles. The molecular formula is C23H26N4O2. The highest BCUT2D eigenvalue weighted by Crippen LogP contribution is 2.22. The van der Waals surface area contributed by atoms with Gasteiger partial charge in [0.25, 0.3) is 5.91 Å². The molecule has 0 aliphatic carbocycles. The van der Waals surface area contributed by atoms with Gasteiger partial charge in [0.2, 0.25) is 0 Å². The molecule has 0 bridgehead atoms. The average Bonchev–Trinajstić information content (AvgIpc) is 2.71. The van der Waals surface area contributed by atoms with Crippen LogP contribution >= 0.6 is 0 Å². The van der Waals surface area contributed by atoms with Gasteiger partial charge in [0.15, 0.2) is 0 Å². The molecular weight excluding hydrogens is 364 g/mol. The van der Waals surface area contributed by atoms with Crippen molar-refractivity contribution in [3.63, 3.8) is 0 Å². The fourth-order valence-corrected chi connectivity index (χ4v) is 3.33. The average molecular weight is 390 g/mol. The number of para-hydroxylation sites is 1. The molecule has 2 N–H and O–H groups in total. The maximum absolute atomic E-state index is 12.5. The topological polar surface area (TPSA) is 76.1 Å². The zero-order valence-electron chi connectivity index (χ0n) is 17.2. The third kappa shape index (κ3) is 5.10. The minimum Gasteiger partial charge on any atom is -0.496 e. The summed E-state index contributed by atoms with van der Waals surface area (Å²) in [5.74, 6) is 1.22. The highest BCUT2D eigenvalue weighted by atomic mass is 16.5. The summed E-state index contributed by atoms with van der Waals surface area (Å²) in [5, 5.41) is 6.17. The molecule has 0 saturated heterocycles. The fourth-order valence-electron chi connectivity index (χ4n) is 3.33. The van der Waals surface area contributed by atoms with Crippen molar-refractivity contribution in [3.8, 4) is 5.75 Å². The number of ether oxygens (including phenoxy) is 1. The normalized spacial score (nSPS) is 10.5. The minimum atomic E-state index is -0.270. The molecule has 3 rings (SSSR count). The maximum Gasteiger partial charge on any atom is 0.275 e. The Morgan fingerprint density at radius 2 is 1.76 bits per heavy atom. The van der Waals surface area contributed by atoms with Crippen molar-refractivity contribution in [3.05, 3.63) is 76.7 Å². The Morgan fingerprint density at radius 1 is 1.03 bits per heavy atom. The third-order valence-electron chi connectivity index (χ3n) is 4.69. The molecule has 6 heteroatoms. The second kappa shape index (κ2) is 9.19. The lowest BCUT2D eigenvalue weighted by atomic mass is 10.1. The zero-order chi connectivity index (χ0) is 20.8. The second-order valence-corrected chi connectivity index (χ2v) is 7.00. The zero-order valence-corrected chi connectivity index (χ0v) is 17.2. The van der Waals surface area contributed by atoms with Crippen LogP contribution < -0.4 is 15.4 Å². The van der Waals surface area contributed by atoms with E-state index in [1.54, 1.807) is 13.3 Å². The monoisotopic (exact) mass is 390 g/mol. The summed E-state index contributed by atoms with van der Waals surface area (Å²) in [7, 11) is 1.67. The summed E-state index contributed by atoms with van der Waals surface area (Å²) >= 11 is 0. The van der Waals surface area contributed by atoms with Gasteiger partial charge in [-0.25, -0.2) is 9.97 Å². The van der Waals surface area contributed by atoms with Crippen LogP contribution in [0.3, 0.4) is 0 Å². The molecule has 0 atom stereocenters. The van der Waals surface area contributed by atoms with Crippen molar-refractivity contribution in [2.24, 2.45) is 0 Å². The van der Waals surface area contributed by atoms with Crippen molar-refractivity contribution in [2.75, 3.05) is 24.3 Å². The van der Waals surface area contributed by atoms with Gasteiger partial charge in [0, 0.05) is 12.2 Å². The number of amides is 1. The van der Waals surface area contributed by atoms with E-state index >= 15 is 0 Å². The number of anilines is 2. The number of methoxy groups -OCH3 is 1. The van der Waals surface area contributed by atoms with Crippen LogP contribution in [0.25, 0.3) is 0 Å². The number of aryl methyl sites for hydroxylation is 3. The van der Waals surface area contributed by atoms with Crippen LogP contribution in [-0.2, 0) is 6.42 Å². The van der Waals surface area contributed by atoms with E-state index in [4.69, 9.17) is 4.74 Å². The van der Waals surface area contributed by atoms with Crippen LogP contribution in [0.15, 0.2) is 48.8 Å². The molecule has 0 radical (unpaired) electrons. The van der Waals surface area contributed by atoms with E-state index in [2.05, 4.69) is 20.6 Å². The van der Waals surface area contributed by atoms with E-state index in [1.807, 2.05) is 57.2 Å². The maximum atomic E-state index is 12.5. The number of hydrogen-bond acceptors (Lipinski definition) is 5. The van der Waals surface area contributed by atoms with E-state index in [0.717, 1.165) is 34.5 Å². The fraction of sp³-hybridized carbons (Fsp3) is 0.261. The Bertz CT molecular complexity index is 977. The number of rotatable bonds is 7. The first-order valence-electron chi connectivity index (χ1n) is 9.55. The van der Waals surface area contributed by atoms with Gasteiger partial charge in [-0.05, 0) is 49.9 Å². The number of aromatic nitrogens is 2. The molecule has 0 fully saturated rings. The van der Waals surface area contributed by atoms with Gasteiger partial charge in [0.1, 0.15) is 17.3 Å². The van der Waals surface area contributed by atoms with Gasteiger partial charge in [0.05, 0.1) is 19.5 Å². The summed E-state index contributed by atoms with van der Waals surface area (Å²) in [6.45, 7) is 6.69. The molecule has 3 aromatic rings. The lowest BCUT2D eigenvalue weighted by Crippen LogP contribution is -2.16. The smallest absolute Gasteiger partial charge is 0.275 e. The predicted molar refractivity (Wildman–Crippen MR) is 116 cm³/mol.